The quantitative estimate of drug-likeness (QED) is 0.424. The van der Waals surface area contributed by atoms with Crippen LogP contribution in [-0.4, -0.2) is 25.4 Å². The Hall–Kier alpha value is -0.530. The SMILES string of the molecule is C.CN(C)C=O. The minimum Gasteiger partial charge on any atom is -0.351 e. The van der Waals surface area contributed by atoms with E-state index >= 15 is 0 Å². The van der Waals surface area contributed by atoms with Gasteiger partial charge in [-0.1, -0.05) is 7.43 Å². The number of carbonyl (C=O) groups excluding carboxylic acids is 1. The Morgan fingerprint density at radius 2 is 1.67 bits per heavy atom. The summed E-state index contributed by atoms with van der Waals surface area (Å²) in [4.78, 5) is 10.9. The van der Waals surface area contributed by atoms with Crippen LogP contribution in [0.1, 0.15) is 7.43 Å². The lowest BCUT2D eigenvalue weighted by Crippen LogP contribution is -2.06. The fourth-order valence-electron chi connectivity index (χ4n) is 0. The van der Waals surface area contributed by atoms with Gasteiger partial charge in [0.1, 0.15) is 0 Å². The average Bonchev–Trinajstić information content (AvgIpc) is 1.38. The van der Waals surface area contributed by atoms with Crippen molar-refractivity contribution in [3.8, 4) is 0 Å². The zero-order valence-electron chi connectivity index (χ0n) is 3.43. The first-order valence-electron chi connectivity index (χ1n) is 1.39. The third-order valence-corrected chi connectivity index (χ3v) is 0.211. The van der Waals surface area contributed by atoms with Gasteiger partial charge in [-0.2, -0.15) is 0 Å². The fourth-order valence-corrected chi connectivity index (χ4v) is 0. The summed E-state index contributed by atoms with van der Waals surface area (Å²) in [5.41, 5.74) is 0. The summed E-state index contributed by atoms with van der Waals surface area (Å²) < 4.78 is 0. The summed E-state index contributed by atoms with van der Waals surface area (Å²) >= 11 is 0. The zero-order valence-corrected chi connectivity index (χ0v) is 3.43. The van der Waals surface area contributed by atoms with E-state index in [1.807, 2.05) is 0 Å². The van der Waals surface area contributed by atoms with E-state index in [2.05, 4.69) is 0 Å². The van der Waals surface area contributed by atoms with Crippen molar-refractivity contribution in [2.45, 2.75) is 7.43 Å². The van der Waals surface area contributed by atoms with E-state index in [-0.39, 0.29) is 7.43 Å². The molecule has 0 radical (unpaired) electrons. The topological polar surface area (TPSA) is 20.3 Å². The molecule has 0 saturated carbocycles. The van der Waals surface area contributed by atoms with Crippen LogP contribution in [0.5, 0.6) is 0 Å². The van der Waals surface area contributed by atoms with Crippen LogP contribution in [0, 0.1) is 0 Å². The van der Waals surface area contributed by atoms with Gasteiger partial charge in [0.2, 0.25) is 6.41 Å². The summed E-state index contributed by atoms with van der Waals surface area (Å²) in [5.74, 6) is 0. The molecular weight excluding hydrogens is 78.0 g/mol. The monoisotopic (exact) mass is 89.1 g/mol. The molecule has 2 nitrogen and oxygen atoms in total. The minimum atomic E-state index is 0. The second-order valence-corrected chi connectivity index (χ2v) is 1.07. The van der Waals surface area contributed by atoms with Gasteiger partial charge < -0.3 is 4.90 Å². The van der Waals surface area contributed by atoms with Crippen LogP contribution in [0.3, 0.4) is 0 Å². The van der Waals surface area contributed by atoms with Gasteiger partial charge in [-0.15, -0.1) is 0 Å². The van der Waals surface area contributed by atoms with Crippen molar-refractivity contribution in [3.63, 3.8) is 0 Å². The van der Waals surface area contributed by atoms with Gasteiger partial charge in [0.25, 0.3) is 0 Å². The van der Waals surface area contributed by atoms with Crippen LogP contribution in [0.25, 0.3) is 0 Å². The van der Waals surface area contributed by atoms with Crippen molar-refractivity contribution in [3.05, 3.63) is 0 Å². The second-order valence-electron chi connectivity index (χ2n) is 1.07. The maximum atomic E-state index is 9.43. The average molecular weight is 89.1 g/mol. The third-order valence-electron chi connectivity index (χ3n) is 0.211. The molecule has 0 N–H and O–H groups in total. The lowest BCUT2D eigenvalue weighted by molar-refractivity contribution is -0.115. The first-order valence-corrected chi connectivity index (χ1v) is 1.39. The fraction of sp³-hybridized carbons (Fsp3) is 0.750. The second kappa shape index (κ2) is 4.47. The normalized spacial score (nSPS) is 5.67. The summed E-state index contributed by atoms with van der Waals surface area (Å²) in [5, 5.41) is 0. The highest BCUT2D eigenvalue weighted by molar-refractivity contribution is 5.45. The molecule has 0 spiro atoms. The van der Waals surface area contributed by atoms with E-state index < -0.39 is 0 Å². The van der Waals surface area contributed by atoms with Gasteiger partial charge >= 0.3 is 0 Å². The van der Waals surface area contributed by atoms with E-state index in [0.29, 0.717) is 0 Å². The van der Waals surface area contributed by atoms with Crippen molar-refractivity contribution >= 4 is 6.41 Å². The van der Waals surface area contributed by atoms with Crippen molar-refractivity contribution in [2.24, 2.45) is 0 Å². The van der Waals surface area contributed by atoms with E-state index in [1.54, 1.807) is 14.1 Å². The number of amides is 1. The summed E-state index contributed by atoms with van der Waals surface area (Å²) in [7, 11) is 3.38. The largest absolute Gasteiger partial charge is 0.351 e. The van der Waals surface area contributed by atoms with Crippen LogP contribution in [0.4, 0.5) is 0 Å². The highest BCUT2D eigenvalue weighted by Crippen LogP contribution is 1.52. The van der Waals surface area contributed by atoms with Crippen LogP contribution in [-0.2, 0) is 4.79 Å². The first-order chi connectivity index (χ1) is 2.27. The maximum absolute atomic E-state index is 9.43. The molecule has 38 valence electrons. The molecule has 0 heterocycles. The lowest BCUT2D eigenvalue weighted by atomic mass is 11.0. The number of nitrogens with zero attached hydrogens (tertiary/aromatic N) is 1. The van der Waals surface area contributed by atoms with E-state index in [4.69, 9.17) is 0 Å². The van der Waals surface area contributed by atoms with Crippen LogP contribution in [0.15, 0.2) is 0 Å². The van der Waals surface area contributed by atoms with E-state index in [0.717, 1.165) is 6.41 Å². The molecule has 0 saturated heterocycles. The molecule has 0 aliphatic carbocycles. The van der Waals surface area contributed by atoms with Gasteiger partial charge in [0.05, 0.1) is 0 Å². The Kier molecular flexibility index (Phi) is 6.76. The van der Waals surface area contributed by atoms with Crippen molar-refractivity contribution in [1.29, 1.82) is 0 Å². The molecule has 0 aromatic rings. The van der Waals surface area contributed by atoms with Gasteiger partial charge in [-0.25, -0.2) is 0 Å². The van der Waals surface area contributed by atoms with Crippen LogP contribution >= 0.6 is 0 Å². The number of carbonyl (C=O) groups is 1. The molecule has 0 aromatic heterocycles. The van der Waals surface area contributed by atoms with Gasteiger partial charge in [-0.3, -0.25) is 4.79 Å². The summed E-state index contributed by atoms with van der Waals surface area (Å²) in [6, 6.07) is 0. The smallest absolute Gasteiger partial charge is 0.209 e. The van der Waals surface area contributed by atoms with Crippen LogP contribution < -0.4 is 0 Å². The number of hydrogen-bond acceptors (Lipinski definition) is 1. The summed E-state index contributed by atoms with van der Waals surface area (Å²) in [6.07, 6.45) is 0.750. The highest BCUT2D eigenvalue weighted by atomic mass is 16.1. The number of hydrogen-bond donors (Lipinski definition) is 0. The standard InChI is InChI=1S/C3H7NO.CH4/c1-4(2)3-5;/h3H,1-2H3;1H4. The highest BCUT2D eigenvalue weighted by Gasteiger charge is 1.68. The van der Waals surface area contributed by atoms with Crippen LogP contribution in [0.2, 0.25) is 0 Å². The van der Waals surface area contributed by atoms with Gasteiger partial charge in [0.15, 0.2) is 0 Å². The Morgan fingerprint density at radius 3 is 1.67 bits per heavy atom. The van der Waals surface area contributed by atoms with E-state index in [1.165, 1.54) is 4.90 Å². The molecule has 6 heavy (non-hydrogen) atoms. The zero-order chi connectivity index (χ0) is 4.28. The molecule has 0 aromatic carbocycles. The third kappa shape index (κ3) is 9.80. The van der Waals surface area contributed by atoms with E-state index in [9.17, 15) is 4.79 Å². The molecule has 2 heteroatoms. The molecule has 0 aliphatic rings. The van der Waals surface area contributed by atoms with Crippen molar-refractivity contribution < 1.29 is 4.79 Å². The molecule has 0 unspecified atom stereocenters. The predicted molar refractivity (Wildman–Crippen MR) is 26.5 cm³/mol. The minimum absolute atomic E-state index is 0. The molecule has 0 rings (SSSR count). The Balaban J connectivity index is 0. The molecule has 0 aliphatic heterocycles. The lowest BCUT2D eigenvalue weighted by Gasteiger charge is -1.93. The maximum Gasteiger partial charge on any atom is 0.209 e. The molecule has 0 bridgehead atoms. The number of rotatable bonds is 1. The molecule has 0 fully saturated rings. The Morgan fingerprint density at radius 1 is 1.50 bits per heavy atom. The molecule has 1 amide bonds. The molecule has 0 atom stereocenters. The first kappa shape index (κ1) is 9.08. The Bertz CT molecular complexity index is 34.5. The Labute approximate surface area is 38.8 Å². The molecular formula is C4H11NO. The summed E-state index contributed by atoms with van der Waals surface area (Å²) in [6.45, 7) is 0. The van der Waals surface area contributed by atoms with Gasteiger partial charge in [0, 0.05) is 14.1 Å². The van der Waals surface area contributed by atoms with Crippen molar-refractivity contribution in [1.82, 2.24) is 4.90 Å². The van der Waals surface area contributed by atoms with Crippen molar-refractivity contribution in [2.75, 3.05) is 14.1 Å². The van der Waals surface area contributed by atoms with Gasteiger partial charge in [-0.05, 0) is 0 Å². The predicted octanol–water partition coefficient (Wildman–Crippen LogP) is 0.341.